The molecule has 0 bridgehead atoms. The van der Waals surface area contributed by atoms with E-state index in [9.17, 15) is 0 Å². The number of aryl methyl sites for hydroxylation is 1. The zero-order valence-electron chi connectivity index (χ0n) is 7.66. The first-order valence-corrected chi connectivity index (χ1v) is 4.50. The summed E-state index contributed by atoms with van der Waals surface area (Å²) in [6, 6.07) is 5.90. The Hall–Kier alpha value is -0.630. The van der Waals surface area contributed by atoms with Crippen LogP contribution in [0.25, 0.3) is 0 Å². The predicted octanol–water partition coefficient (Wildman–Crippen LogP) is 3.07. The molecule has 0 aliphatic heterocycles. The van der Waals surface area contributed by atoms with E-state index < -0.39 is 0 Å². The molecule has 0 heterocycles. The van der Waals surface area contributed by atoms with Crippen LogP contribution in [0.5, 0.6) is 5.75 Å². The van der Waals surface area contributed by atoms with Crippen LogP contribution in [0.3, 0.4) is 0 Å². The fourth-order valence-corrected chi connectivity index (χ4v) is 1.29. The van der Waals surface area contributed by atoms with Crippen molar-refractivity contribution < 1.29 is 4.74 Å². The van der Waals surface area contributed by atoms with Gasteiger partial charge in [0, 0.05) is 4.90 Å². The van der Waals surface area contributed by atoms with Crippen molar-refractivity contribution in [1.82, 2.24) is 0 Å². The third-order valence-electron chi connectivity index (χ3n) is 1.52. The first-order valence-electron chi connectivity index (χ1n) is 4.06. The maximum atomic E-state index is 5.57. The van der Waals surface area contributed by atoms with Crippen molar-refractivity contribution in [3.63, 3.8) is 0 Å². The first-order chi connectivity index (χ1) is 5.59. The maximum Gasteiger partial charge on any atom is 0.122 e. The second-order valence-electron chi connectivity index (χ2n) is 3.12. The van der Waals surface area contributed by atoms with E-state index in [0.29, 0.717) is 0 Å². The number of ether oxygens (including phenoxy) is 1. The van der Waals surface area contributed by atoms with E-state index in [0.717, 1.165) is 16.2 Å². The normalized spacial score (nSPS) is 10.4. The van der Waals surface area contributed by atoms with Gasteiger partial charge in [-0.05, 0) is 44.5 Å². The van der Waals surface area contributed by atoms with E-state index in [2.05, 4.69) is 12.6 Å². The molecule has 0 atom stereocenters. The van der Waals surface area contributed by atoms with Gasteiger partial charge < -0.3 is 4.74 Å². The summed E-state index contributed by atoms with van der Waals surface area (Å²) in [5.41, 5.74) is 1.14. The van der Waals surface area contributed by atoms with Crippen LogP contribution >= 0.6 is 12.6 Å². The summed E-state index contributed by atoms with van der Waals surface area (Å²) in [4.78, 5) is 0.976. The van der Waals surface area contributed by atoms with Crippen LogP contribution < -0.4 is 4.74 Å². The largest absolute Gasteiger partial charge is 0.491 e. The molecule has 0 unspecified atom stereocenters. The maximum absolute atomic E-state index is 5.57. The molecule has 1 aromatic rings. The van der Waals surface area contributed by atoms with Crippen LogP contribution in [-0.2, 0) is 0 Å². The van der Waals surface area contributed by atoms with Gasteiger partial charge in [-0.25, -0.2) is 0 Å². The molecule has 0 aromatic heterocycles. The van der Waals surface area contributed by atoms with Gasteiger partial charge in [-0.15, -0.1) is 12.6 Å². The van der Waals surface area contributed by atoms with Crippen LogP contribution in [0.2, 0.25) is 0 Å². The van der Waals surface area contributed by atoms with E-state index >= 15 is 0 Å². The number of thiol groups is 1. The molecule has 1 nitrogen and oxygen atoms in total. The predicted molar refractivity (Wildman–Crippen MR) is 54.2 cm³/mol. The molecule has 0 spiro atoms. The van der Waals surface area contributed by atoms with E-state index in [1.54, 1.807) is 0 Å². The summed E-state index contributed by atoms with van der Waals surface area (Å²) in [5, 5.41) is 0. The van der Waals surface area contributed by atoms with Crippen LogP contribution in [0.15, 0.2) is 23.1 Å². The Bertz CT molecular complexity index is 269. The Balaban J connectivity index is 2.86. The van der Waals surface area contributed by atoms with Gasteiger partial charge in [0.1, 0.15) is 5.75 Å². The van der Waals surface area contributed by atoms with Gasteiger partial charge in [-0.3, -0.25) is 0 Å². The minimum absolute atomic E-state index is 0.231. The summed E-state index contributed by atoms with van der Waals surface area (Å²) in [7, 11) is 0. The van der Waals surface area contributed by atoms with Crippen molar-refractivity contribution in [2.75, 3.05) is 0 Å². The van der Waals surface area contributed by atoms with Gasteiger partial charge in [-0.2, -0.15) is 0 Å². The van der Waals surface area contributed by atoms with Crippen molar-refractivity contribution in [3.05, 3.63) is 23.8 Å². The van der Waals surface area contributed by atoms with Crippen molar-refractivity contribution in [1.29, 1.82) is 0 Å². The quantitative estimate of drug-likeness (QED) is 0.691. The Kier molecular flexibility index (Phi) is 3.04. The lowest BCUT2D eigenvalue weighted by atomic mass is 10.2. The molecule has 2 heteroatoms. The minimum atomic E-state index is 0.231. The monoisotopic (exact) mass is 182 g/mol. The SMILES string of the molecule is Cc1cc(S)ccc1OC(C)C. The van der Waals surface area contributed by atoms with Gasteiger partial charge in [0.2, 0.25) is 0 Å². The van der Waals surface area contributed by atoms with Gasteiger partial charge in [-0.1, -0.05) is 0 Å². The van der Waals surface area contributed by atoms with Crippen molar-refractivity contribution >= 4 is 12.6 Å². The molecule has 1 rings (SSSR count). The molecular formula is C10H14OS. The highest BCUT2D eigenvalue weighted by Gasteiger charge is 2.00. The highest BCUT2D eigenvalue weighted by Crippen LogP contribution is 2.21. The van der Waals surface area contributed by atoms with Gasteiger partial charge in [0.05, 0.1) is 6.10 Å². The lowest BCUT2D eigenvalue weighted by Crippen LogP contribution is -2.06. The molecule has 0 saturated heterocycles. The molecule has 0 N–H and O–H groups in total. The summed E-state index contributed by atoms with van der Waals surface area (Å²) in [6.45, 7) is 6.07. The standard InChI is InChI=1S/C10H14OS/c1-7(2)11-10-5-4-9(12)6-8(10)3/h4-7,12H,1-3H3. The summed E-state index contributed by atoms with van der Waals surface area (Å²) < 4.78 is 5.57. The minimum Gasteiger partial charge on any atom is -0.491 e. The second-order valence-corrected chi connectivity index (χ2v) is 3.63. The molecule has 0 saturated carbocycles. The smallest absolute Gasteiger partial charge is 0.122 e. The topological polar surface area (TPSA) is 9.23 Å². The Morgan fingerprint density at radius 1 is 1.33 bits per heavy atom. The molecular weight excluding hydrogens is 168 g/mol. The number of hydrogen-bond acceptors (Lipinski definition) is 2. The molecule has 0 amide bonds. The van der Waals surface area contributed by atoms with Crippen molar-refractivity contribution in [2.45, 2.75) is 31.8 Å². The number of benzene rings is 1. The molecule has 12 heavy (non-hydrogen) atoms. The van der Waals surface area contributed by atoms with Gasteiger partial charge >= 0.3 is 0 Å². The Labute approximate surface area is 79.2 Å². The van der Waals surface area contributed by atoms with E-state index in [1.165, 1.54) is 0 Å². The third kappa shape index (κ3) is 2.45. The lowest BCUT2D eigenvalue weighted by molar-refractivity contribution is 0.240. The van der Waals surface area contributed by atoms with Crippen LogP contribution in [-0.4, -0.2) is 6.10 Å². The lowest BCUT2D eigenvalue weighted by Gasteiger charge is -2.12. The zero-order valence-corrected chi connectivity index (χ0v) is 8.56. The average molecular weight is 182 g/mol. The van der Waals surface area contributed by atoms with E-state index in [-0.39, 0.29) is 6.10 Å². The first kappa shape index (κ1) is 9.46. The van der Waals surface area contributed by atoms with Crippen LogP contribution in [0.4, 0.5) is 0 Å². The van der Waals surface area contributed by atoms with Gasteiger partial charge in [0.25, 0.3) is 0 Å². The third-order valence-corrected chi connectivity index (χ3v) is 1.80. The zero-order chi connectivity index (χ0) is 9.14. The summed E-state index contributed by atoms with van der Waals surface area (Å²) in [5.74, 6) is 0.947. The van der Waals surface area contributed by atoms with Crippen LogP contribution in [0, 0.1) is 6.92 Å². The fourth-order valence-electron chi connectivity index (χ4n) is 1.02. The molecule has 0 aliphatic rings. The van der Waals surface area contributed by atoms with E-state index in [1.807, 2.05) is 39.0 Å². The summed E-state index contributed by atoms with van der Waals surface area (Å²) in [6.07, 6.45) is 0.231. The second kappa shape index (κ2) is 3.85. The molecule has 0 radical (unpaired) electrons. The Morgan fingerprint density at radius 2 is 2.00 bits per heavy atom. The van der Waals surface area contributed by atoms with E-state index in [4.69, 9.17) is 4.74 Å². The van der Waals surface area contributed by atoms with Crippen molar-refractivity contribution in [2.24, 2.45) is 0 Å². The average Bonchev–Trinajstić information content (AvgIpc) is 1.94. The molecule has 1 aromatic carbocycles. The number of hydrogen-bond donors (Lipinski definition) is 1. The molecule has 0 fully saturated rings. The highest BCUT2D eigenvalue weighted by atomic mass is 32.1. The fraction of sp³-hybridized carbons (Fsp3) is 0.400. The van der Waals surface area contributed by atoms with Gasteiger partial charge in [0.15, 0.2) is 0 Å². The molecule has 66 valence electrons. The van der Waals surface area contributed by atoms with Crippen LogP contribution in [0.1, 0.15) is 19.4 Å². The van der Waals surface area contributed by atoms with Crippen molar-refractivity contribution in [3.8, 4) is 5.75 Å². The Morgan fingerprint density at radius 3 is 2.50 bits per heavy atom. The summed E-state index contributed by atoms with van der Waals surface area (Å²) >= 11 is 4.24. The molecule has 0 aliphatic carbocycles. The highest BCUT2D eigenvalue weighted by molar-refractivity contribution is 7.80. The number of rotatable bonds is 2.